The molecule has 1 N–H and O–H groups in total. The van der Waals surface area contributed by atoms with Gasteiger partial charge in [0.15, 0.2) is 0 Å². The summed E-state index contributed by atoms with van der Waals surface area (Å²) >= 11 is 2.94. The van der Waals surface area contributed by atoms with Crippen LogP contribution in [0, 0.1) is 15.5 Å². The van der Waals surface area contributed by atoms with E-state index in [4.69, 9.17) is 5.41 Å². The van der Waals surface area contributed by atoms with Gasteiger partial charge in [-0.15, -0.1) is 0 Å². The molecule has 0 unspecified atom stereocenters. The molecule has 0 aliphatic rings. The summed E-state index contributed by atoms with van der Waals surface area (Å²) in [5, 5.41) is 17.9. The molecule has 7 nitrogen and oxygen atoms in total. The van der Waals surface area contributed by atoms with E-state index in [1.165, 1.54) is 18.7 Å². The number of imidazole rings is 1. The van der Waals surface area contributed by atoms with E-state index in [0.717, 1.165) is 0 Å². The molecule has 0 saturated heterocycles. The number of nitrogens with zero attached hydrogens (tertiary/aromatic N) is 3. The molecular weight excluding hydrogens is 256 g/mol. The van der Waals surface area contributed by atoms with Gasteiger partial charge in [-0.25, -0.2) is 4.57 Å². The monoisotopic (exact) mass is 262 g/mol. The van der Waals surface area contributed by atoms with Crippen molar-refractivity contribution in [1.29, 1.82) is 5.41 Å². The van der Waals surface area contributed by atoms with E-state index >= 15 is 0 Å². The van der Waals surface area contributed by atoms with Crippen LogP contribution in [-0.4, -0.2) is 27.5 Å². The van der Waals surface area contributed by atoms with Gasteiger partial charge in [0.25, 0.3) is 11.7 Å². The van der Waals surface area contributed by atoms with Gasteiger partial charge in [0.2, 0.25) is 4.60 Å². The number of hydrogen-bond acceptors (Lipinski definition) is 5. The van der Waals surface area contributed by atoms with E-state index in [1.807, 2.05) is 0 Å². The normalized spacial score (nSPS) is 9.93. The van der Waals surface area contributed by atoms with Gasteiger partial charge >= 0.3 is 5.82 Å². The van der Waals surface area contributed by atoms with Crippen LogP contribution in [-0.2, 0) is 11.8 Å². The van der Waals surface area contributed by atoms with Gasteiger partial charge in [-0.05, 0) is 20.9 Å². The summed E-state index contributed by atoms with van der Waals surface area (Å²) in [7, 11) is 2.75. The van der Waals surface area contributed by atoms with Crippen molar-refractivity contribution in [3.05, 3.63) is 20.5 Å². The molecule has 1 aromatic rings. The Labute approximate surface area is 87.5 Å². The first-order chi connectivity index (χ1) is 6.49. The number of ether oxygens (including phenoxy) is 1. The first kappa shape index (κ1) is 10.6. The molecule has 76 valence electrons. The fourth-order valence-electron chi connectivity index (χ4n) is 0.949. The Hall–Kier alpha value is -1.44. The second-order valence-corrected chi connectivity index (χ2v) is 3.15. The van der Waals surface area contributed by atoms with Crippen molar-refractivity contribution >= 4 is 27.6 Å². The van der Waals surface area contributed by atoms with Gasteiger partial charge in [-0.1, -0.05) is 0 Å². The highest BCUT2D eigenvalue weighted by Crippen LogP contribution is 2.24. The molecule has 0 radical (unpaired) electrons. The van der Waals surface area contributed by atoms with E-state index in [9.17, 15) is 10.1 Å². The summed E-state index contributed by atoms with van der Waals surface area (Å²) in [6.45, 7) is 0. The Morgan fingerprint density at radius 1 is 1.79 bits per heavy atom. The van der Waals surface area contributed by atoms with Crippen LogP contribution in [0.15, 0.2) is 4.60 Å². The molecule has 0 aromatic carbocycles. The van der Waals surface area contributed by atoms with Gasteiger partial charge in [-0.3, -0.25) is 5.41 Å². The molecule has 0 saturated carbocycles. The minimum Gasteiger partial charge on any atom is -0.477 e. The molecule has 0 aliphatic heterocycles. The number of rotatable bonds is 2. The lowest BCUT2D eigenvalue weighted by Gasteiger charge is -1.98. The summed E-state index contributed by atoms with van der Waals surface area (Å²) in [6, 6.07) is 0. The lowest BCUT2D eigenvalue weighted by molar-refractivity contribution is -0.392. The number of hydrogen-bond donors (Lipinski definition) is 1. The molecule has 1 rings (SSSR count). The summed E-state index contributed by atoms with van der Waals surface area (Å²) < 4.78 is 5.88. The molecule has 0 spiro atoms. The lowest BCUT2D eigenvalue weighted by Crippen LogP contribution is -2.10. The van der Waals surface area contributed by atoms with Crippen LogP contribution in [0.5, 0.6) is 0 Å². The quantitative estimate of drug-likeness (QED) is 0.373. The molecular formula is C6H7BrN4O3. The third-order valence-electron chi connectivity index (χ3n) is 1.60. The fourth-order valence-corrected chi connectivity index (χ4v) is 1.53. The maximum atomic E-state index is 10.6. The van der Waals surface area contributed by atoms with Gasteiger partial charge in [0.05, 0.1) is 14.2 Å². The maximum Gasteiger partial charge on any atom is 0.357 e. The minimum absolute atomic E-state index is 0.0850. The van der Waals surface area contributed by atoms with Crippen molar-refractivity contribution in [2.24, 2.45) is 7.05 Å². The zero-order valence-electron chi connectivity index (χ0n) is 7.44. The lowest BCUT2D eigenvalue weighted by atomic mass is 10.6. The van der Waals surface area contributed by atoms with E-state index in [1.54, 1.807) is 0 Å². The number of methoxy groups -OCH3 is 1. The van der Waals surface area contributed by atoms with Crippen molar-refractivity contribution in [3.63, 3.8) is 0 Å². The Bertz CT molecular complexity index is 400. The van der Waals surface area contributed by atoms with Crippen molar-refractivity contribution in [2.45, 2.75) is 0 Å². The largest absolute Gasteiger partial charge is 0.477 e. The van der Waals surface area contributed by atoms with Gasteiger partial charge < -0.3 is 14.9 Å². The van der Waals surface area contributed by atoms with Gasteiger partial charge in [0.1, 0.15) is 0 Å². The molecule has 0 bridgehead atoms. The smallest absolute Gasteiger partial charge is 0.357 e. The number of aromatic nitrogens is 2. The summed E-state index contributed by atoms with van der Waals surface area (Å²) in [4.78, 5) is 13.8. The van der Waals surface area contributed by atoms with Crippen LogP contribution in [0.4, 0.5) is 5.82 Å². The minimum atomic E-state index is -0.580. The van der Waals surface area contributed by atoms with Crippen LogP contribution in [0.3, 0.4) is 0 Å². The first-order valence-corrected chi connectivity index (χ1v) is 4.27. The predicted molar refractivity (Wildman–Crippen MR) is 51.4 cm³/mol. The SMILES string of the molecule is COC(=N)c1nc(Br)c([N+](=O)[O-])n1C. The Kier molecular flexibility index (Phi) is 2.84. The van der Waals surface area contributed by atoms with Crippen molar-refractivity contribution in [1.82, 2.24) is 9.55 Å². The highest BCUT2D eigenvalue weighted by atomic mass is 79.9. The number of nitrogens with one attached hydrogen (secondary N) is 1. The van der Waals surface area contributed by atoms with Crippen LogP contribution in [0.25, 0.3) is 0 Å². The topological polar surface area (TPSA) is 94.0 Å². The second kappa shape index (κ2) is 3.74. The Balaban J connectivity index is 3.30. The van der Waals surface area contributed by atoms with Crippen molar-refractivity contribution in [2.75, 3.05) is 7.11 Å². The number of halogens is 1. The van der Waals surface area contributed by atoms with E-state index in [2.05, 4.69) is 25.7 Å². The predicted octanol–water partition coefficient (Wildman–Crippen LogP) is 1.06. The molecule has 0 atom stereocenters. The molecule has 1 heterocycles. The molecule has 0 fully saturated rings. The molecule has 8 heteroatoms. The van der Waals surface area contributed by atoms with E-state index < -0.39 is 4.92 Å². The van der Waals surface area contributed by atoms with E-state index in [0.29, 0.717) is 0 Å². The van der Waals surface area contributed by atoms with Crippen molar-refractivity contribution < 1.29 is 9.66 Å². The van der Waals surface area contributed by atoms with Gasteiger partial charge in [-0.2, -0.15) is 4.98 Å². The Morgan fingerprint density at radius 2 is 2.36 bits per heavy atom. The summed E-state index contributed by atoms with van der Waals surface area (Å²) in [5.74, 6) is -0.325. The average Bonchev–Trinajstić information content (AvgIpc) is 2.40. The van der Waals surface area contributed by atoms with Crippen LogP contribution in [0.2, 0.25) is 0 Å². The standard InChI is InChI=1S/C6H7BrN4O3/c1-10-5(4(8)14-2)9-3(7)6(10)11(12)13/h8H,1-2H3. The van der Waals surface area contributed by atoms with Crippen LogP contribution < -0.4 is 0 Å². The molecule has 14 heavy (non-hydrogen) atoms. The summed E-state index contributed by atoms with van der Waals surface area (Å²) in [5.41, 5.74) is 0. The molecule has 0 amide bonds. The molecule has 1 aromatic heterocycles. The zero-order valence-corrected chi connectivity index (χ0v) is 9.03. The zero-order chi connectivity index (χ0) is 10.9. The average molecular weight is 263 g/mol. The third-order valence-corrected chi connectivity index (χ3v) is 2.14. The van der Waals surface area contributed by atoms with Crippen LogP contribution in [0.1, 0.15) is 5.82 Å². The maximum absolute atomic E-state index is 10.6. The van der Waals surface area contributed by atoms with E-state index in [-0.39, 0.29) is 22.1 Å². The summed E-state index contributed by atoms with van der Waals surface area (Å²) in [6.07, 6.45) is 0. The highest BCUT2D eigenvalue weighted by Gasteiger charge is 2.25. The second-order valence-electron chi connectivity index (χ2n) is 2.40. The molecule has 0 aliphatic carbocycles. The third kappa shape index (κ3) is 1.60. The van der Waals surface area contributed by atoms with Crippen molar-refractivity contribution in [3.8, 4) is 0 Å². The van der Waals surface area contributed by atoms with Crippen LogP contribution >= 0.6 is 15.9 Å². The Morgan fingerprint density at radius 3 is 2.71 bits per heavy atom. The van der Waals surface area contributed by atoms with Gasteiger partial charge in [0, 0.05) is 0 Å². The first-order valence-electron chi connectivity index (χ1n) is 3.48. The fraction of sp³-hybridized carbons (Fsp3) is 0.333. The number of nitro groups is 1. The highest BCUT2D eigenvalue weighted by molar-refractivity contribution is 9.10.